The predicted octanol–water partition coefficient (Wildman–Crippen LogP) is 3.56. The maximum atomic E-state index is 12.5. The Hall–Kier alpha value is -2.11. The molecule has 2 rings (SSSR count). The summed E-state index contributed by atoms with van der Waals surface area (Å²) >= 11 is 0. The number of hydrogen-bond donors (Lipinski definition) is 0. The van der Waals surface area contributed by atoms with E-state index in [-0.39, 0.29) is 23.0 Å². The predicted molar refractivity (Wildman–Crippen MR) is 56.9 cm³/mol. The molecule has 0 bridgehead atoms. The fourth-order valence-electron chi connectivity index (χ4n) is 1.40. The summed E-state index contributed by atoms with van der Waals surface area (Å²) in [6.07, 6.45) is -3.23. The summed E-state index contributed by atoms with van der Waals surface area (Å²) in [5.41, 5.74) is -0.611. The molecule has 94 valence electrons. The molecular weight excluding hydrogens is 247 g/mol. The Morgan fingerprint density at radius 1 is 1.33 bits per heavy atom. The molecule has 0 aliphatic rings. The Morgan fingerprint density at radius 3 is 2.61 bits per heavy atom. The van der Waals surface area contributed by atoms with Gasteiger partial charge in [0.15, 0.2) is 11.5 Å². The fourth-order valence-corrected chi connectivity index (χ4v) is 1.40. The number of rotatable bonds is 2. The number of carbonyl (C=O) groups excluding carboxylic acids is 1. The van der Waals surface area contributed by atoms with Crippen LogP contribution in [0, 0.1) is 0 Å². The van der Waals surface area contributed by atoms with E-state index < -0.39 is 11.7 Å². The molecule has 0 amide bonds. The molecule has 1 heterocycles. The van der Waals surface area contributed by atoms with E-state index in [2.05, 4.69) is 4.98 Å². The third-order valence-corrected chi connectivity index (χ3v) is 2.29. The molecule has 0 aliphatic carbocycles. The number of hydrogen-bond acceptors (Lipinski definition) is 3. The van der Waals surface area contributed by atoms with Crippen LogP contribution in [0.15, 0.2) is 34.9 Å². The van der Waals surface area contributed by atoms with Gasteiger partial charge in [0.25, 0.3) is 0 Å². The average Bonchev–Trinajstić information content (AvgIpc) is 2.77. The largest absolute Gasteiger partial charge is 0.433 e. The Labute approximate surface area is 100 Å². The maximum Gasteiger partial charge on any atom is 0.416 e. The Balaban J connectivity index is 2.41. The van der Waals surface area contributed by atoms with E-state index in [4.69, 9.17) is 4.42 Å². The van der Waals surface area contributed by atoms with E-state index in [1.807, 2.05) is 0 Å². The molecule has 18 heavy (non-hydrogen) atoms. The lowest BCUT2D eigenvalue weighted by atomic mass is 10.1. The van der Waals surface area contributed by atoms with Crippen molar-refractivity contribution in [3.8, 4) is 11.5 Å². The molecule has 1 aromatic heterocycles. The third-order valence-electron chi connectivity index (χ3n) is 2.29. The quantitative estimate of drug-likeness (QED) is 0.770. The van der Waals surface area contributed by atoms with Gasteiger partial charge in [-0.3, -0.25) is 4.79 Å². The molecule has 0 N–H and O–H groups in total. The number of benzene rings is 1. The van der Waals surface area contributed by atoms with E-state index in [0.717, 1.165) is 12.1 Å². The average molecular weight is 255 g/mol. The zero-order chi connectivity index (χ0) is 13.3. The molecule has 1 aromatic carbocycles. The summed E-state index contributed by atoms with van der Waals surface area (Å²) in [7, 11) is 0. The van der Waals surface area contributed by atoms with Crippen LogP contribution in [0.1, 0.15) is 23.0 Å². The number of halogens is 3. The standard InChI is InChI=1S/C12H8F3NO2/c1-7(17)10-6-16-11(18-10)8-3-2-4-9(5-8)12(13,14)15/h2-6H,1H3. The molecular formula is C12H8F3NO2. The highest BCUT2D eigenvalue weighted by atomic mass is 19.4. The van der Waals surface area contributed by atoms with Crippen LogP contribution < -0.4 is 0 Å². The number of ketones is 1. The van der Waals surface area contributed by atoms with E-state index >= 15 is 0 Å². The van der Waals surface area contributed by atoms with E-state index in [9.17, 15) is 18.0 Å². The van der Waals surface area contributed by atoms with E-state index in [0.29, 0.717) is 0 Å². The normalized spacial score (nSPS) is 11.6. The highest BCUT2D eigenvalue weighted by Gasteiger charge is 2.30. The van der Waals surface area contributed by atoms with Crippen molar-refractivity contribution in [2.45, 2.75) is 13.1 Å². The second-order valence-electron chi connectivity index (χ2n) is 3.66. The summed E-state index contributed by atoms with van der Waals surface area (Å²) in [4.78, 5) is 14.8. The summed E-state index contributed by atoms with van der Waals surface area (Å²) < 4.78 is 42.6. The summed E-state index contributed by atoms with van der Waals surface area (Å²) in [6.45, 7) is 1.29. The van der Waals surface area contributed by atoms with E-state index in [1.54, 1.807) is 0 Å². The number of alkyl halides is 3. The van der Waals surface area contributed by atoms with Crippen LogP contribution in [-0.4, -0.2) is 10.8 Å². The zero-order valence-corrected chi connectivity index (χ0v) is 9.28. The van der Waals surface area contributed by atoms with Gasteiger partial charge in [-0.15, -0.1) is 0 Å². The minimum Gasteiger partial charge on any atom is -0.433 e. The van der Waals surface area contributed by atoms with Crippen molar-refractivity contribution in [3.05, 3.63) is 41.8 Å². The van der Waals surface area contributed by atoms with Crippen molar-refractivity contribution in [1.82, 2.24) is 4.98 Å². The van der Waals surface area contributed by atoms with Gasteiger partial charge >= 0.3 is 6.18 Å². The number of nitrogens with zero attached hydrogens (tertiary/aromatic N) is 1. The van der Waals surface area contributed by atoms with Gasteiger partial charge in [-0.25, -0.2) is 4.98 Å². The molecule has 0 atom stereocenters. The molecule has 3 nitrogen and oxygen atoms in total. The minimum atomic E-state index is -4.42. The SMILES string of the molecule is CC(=O)c1cnc(-c2cccc(C(F)(F)F)c2)o1. The van der Waals surface area contributed by atoms with Gasteiger partial charge in [-0.2, -0.15) is 13.2 Å². The Morgan fingerprint density at radius 2 is 2.06 bits per heavy atom. The van der Waals surface area contributed by atoms with Gasteiger partial charge in [0.05, 0.1) is 11.8 Å². The molecule has 0 radical (unpaired) electrons. The van der Waals surface area contributed by atoms with Crippen LogP contribution in [0.3, 0.4) is 0 Å². The fraction of sp³-hybridized carbons (Fsp3) is 0.167. The lowest BCUT2D eigenvalue weighted by Gasteiger charge is -2.06. The number of Topliss-reactive ketones (excluding diaryl/α,β-unsaturated/α-hetero) is 1. The number of carbonyl (C=O) groups is 1. The van der Waals surface area contributed by atoms with Crippen LogP contribution in [0.5, 0.6) is 0 Å². The molecule has 0 unspecified atom stereocenters. The zero-order valence-electron chi connectivity index (χ0n) is 9.28. The van der Waals surface area contributed by atoms with E-state index in [1.165, 1.54) is 25.3 Å². The summed E-state index contributed by atoms with van der Waals surface area (Å²) in [5.74, 6) is -0.325. The second kappa shape index (κ2) is 4.29. The summed E-state index contributed by atoms with van der Waals surface area (Å²) in [6, 6.07) is 4.58. The third kappa shape index (κ3) is 2.42. The minimum absolute atomic E-state index is 0.00806. The number of aromatic nitrogens is 1. The molecule has 6 heteroatoms. The highest BCUT2D eigenvalue weighted by Crippen LogP contribution is 2.31. The molecule has 0 spiro atoms. The van der Waals surface area contributed by atoms with Crippen LogP contribution >= 0.6 is 0 Å². The first kappa shape index (κ1) is 12.3. The van der Waals surface area contributed by atoms with Crippen LogP contribution in [-0.2, 0) is 6.18 Å². The Bertz CT molecular complexity index is 587. The van der Waals surface area contributed by atoms with Crippen molar-refractivity contribution in [1.29, 1.82) is 0 Å². The second-order valence-corrected chi connectivity index (χ2v) is 3.66. The lowest BCUT2D eigenvalue weighted by Crippen LogP contribution is -2.04. The van der Waals surface area contributed by atoms with Gasteiger partial charge in [-0.05, 0) is 18.2 Å². The van der Waals surface area contributed by atoms with Crippen molar-refractivity contribution >= 4 is 5.78 Å². The first-order valence-electron chi connectivity index (χ1n) is 5.02. The molecule has 0 saturated heterocycles. The van der Waals surface area contributed by atoms with Crippen LogP contribution in [0.25, 0.3) is 11.5 Å². The van der Waals surface area contributed by atoms with Crippen molar-refractivity contribution in [3.63, 3.8) is 0 Å². The van der Waals surface area contributed by atoms with Gasteiger partial charge in [0, 0.05) is 12.5 Å². The Kier molecular flexibility index (Phi) is 2.94. The van der Waals surface area contributed by atoms with Crippen molar-refractivity contribution in [2.24, 2.45) is 0 Å². The van der Waals surface area contributed by atoms with Gasteiger partial charge in [-0.1, -0.05) is 6.07 Å². The van der Waals surface area contributed by atoms with Crippen molar-refractivity contribution < 1.29 is 22.4 Å². The first-order chi connectivity index (χ1) is 8.38. The van der Waals surface area contributed by atoms with Gasteiger partial charge in [0.2, 0.25) is 5.89 Å². The monoisotopic (exact) mass is 255 g/mol. The maximum absolute atomic E-state index is 12.5. The van der Waals surface area contributed by atoms with Crippen molar-refractivity contribution in [2.75, 3.05) is 0 Å². The number of oxazole rings is 1. The lowest BCUT2D eigenvalue weighted by molar-refractivity contribution is -0.137. The molecule has 2 aromatic rings. The van der Waals surface area contributed by atoms with Gasteiger partial charge in [0.1, 0.15) is 0 Å². The smallest absolute Gasteiger partial charge is 0.416 e. The van der Waals surface area contributed by atoms with Crippen LogP contribution in [0.4, 0.5) is 13.2 Å². The van der Waals surface area contributed by atoms with Crippen LogP contribution in [0.2, 0.25) is 0 Å². The first-order valence-corrected chi connectivity index (χ1v) is 5.02. The van der Waals surface area contributed by atoms with Gasteiger partial charge < -0.3 is 4.42 Å². The molecule has 0 aliphatic heterocycles. The highest BCUT2D eigenvalue weighted by molar-refractivity contribution is 5.91. The topological polar surface area (TPSA) is 43.1 Å². The summed E-state index contributed by atoms with van der Waals surface area (Å²) in [5, 5.41) is 0. The molecule has 0 fully saturated rings. The molecule has 0 saturated carbocycles.